The normalized spacial score (nSPS) is 10.7. The molecule has 2 aromatic heterocycles. The molecule has 0 unspecified atom stereocenters. The lowest BCUT2D eigenvalue weighted by molar-refractivity contribution is 0.0527. The molecule has 0 radical (unpaired) electrons. The molecule has 1 N–H and O–H groups in total. The summed E-state index contributed by atoms with van der Waals surface area (Å²) in [5.74, 6) is -0.588. The zero-order valence-corrected chi connectivity index (χ0v) is 10.1. The molecule has 2 aromatic rings. The Morgan fingerprint density at radius 3 is 3.06 bits per heavy atom. The van der Waals surface area contributed by atoms with Gasteiger partial charge in [-0.15, -0.1) is 0 Å². The zero-order chi connectivity index (χ0) is 12.4. The standard InChI is InChI=1S/C10H10N2O4S/c1-3-15-9(14)5-4-16-8-6(5)7(13)11-10(12-8)17-2/h4H,3H2,1-2H3,(H,11,12,13). The lowest BCUT2D eigenvalue weighted by Gasteiger charge is -1.98. The summed E-state index contributed by atoms with van der Waals surface area (Å²) >= 11 is 1.28. The van der Waals surface area contributed by atoms with Gasteiger partial charge in [-0.25, -0.2) is 4.79 Å². The van der Waals surface area contributed by atoms with Gasteiger partial charge in [-0.1, -0.05) is 11.8 Å². The number of thioether (sulfide) groups is 1. The quantitative estimate of drug-likeness (QED) is 0.506. The number of ether oxygens (including phenoxy) is 1. The SMILES string of the molecule is CCOC(=O)c1coc2nc(SC)[nH]c(=O)c12. The number of esters is 1. The van der Waals surface area contributed by atoms with Gasteiger partial charge in [0.25, 0.3) is 5.56 Å². The second-order valence-corrected chi connectivity index (χ2v) is 3.92. The molecule has 0 atom stereocenters. The highest BCUT2D eigenvalue weighted by Crippen LogP contribution is 2.18. The van der Waals surface area contributed by atoms with Crippen molar-refractivity contribution in [1.29, 1.82) is 0 Å². The second-order valence-electron chi connectivity index (χ2n) is 3.13. The number of carbonyl (C=O) groups is 1. The van der Waals surface area contributed by atoms with Crippen LogP contribution in [0.4, 0.5) is 0 Å². The van der Waals surface area contributed by atoms with E-state index >= 15 is 0 Å². The van der Waals surface area contributed by atoms with E-state index < -0.39 is 11.5 Å². The van der Waals surface area contributed by atoms with Crippen LogP contribution in [-0.4, -0.2) is 28.8 Å². The molecule has 17 heavy (non-hydrogen) atoms. The van der Waals surface area contributed by atoms with Crippen molar-refractivity contribution in [2.75, 3.05) is 12.9 Å². The number of aromatic nitrogens is 2. The van der Waals surface area contributed by atoms with Gasteiger partial charge in [0, 0.05) is 0 Å². The van der Waals surface area contributed by atoms with Crippen LogP contribution in [0.1, 0.15) is 17.3 Å². The van der Waals surface area contributed by atoms with E-state index in [2.05, 4.69) is 9.97 Å². The Balaban J connectivity index is 2.61. The molecule has 2 heterocycles. The molecule has 0 spiro atoms. The number of rotatable bonds is 3. The Kier molecular flexibility index (Phi) is 3.19. The van der Waals surface area contributed by atoms with Crippen molar-refractivity contribution in [3.8, 4) is 0 Å². The molecule has 0 bridgehead atoms. The van der Waals surface area contributed by atoms with E-state index in [9.17, 15) is 9.59 Å². The first-order chi connectivity index (χ1) is 8.17. The minimum Gasteiger partial charge on any atom is -0.462 e. The van der Waals surface area contributed by atoms with Crippen molar-refractivity contribution in [3.63, 3.8) is 0 Å². The van der Waals surface area contributed by atoms with Gasteiger partial charge in [-0.05, 0) is 13.2 Å². The highest BCUT2D eigenvalue weighted by molar-refractivity contribution is 7.98. The zero-order valence-electron chi connectivity index (χ0n) is 9.27. The van der Waals surface area contributed by atoms with Gasteiger partial charge in [0.2, 0.25) is 5.71 Å². The van der Waals surface area contributed by atoms with Gasteiger partial charge in [0.05, 0.1) is 6.61 Å². The first-order valence-electron chi connectivity index (χ1n) is 4.90. The Morgan fingerprint density at radius 1 is 1.65 bits per heavy atom. The number of hydrogen-bond donors (Lipinski definition) is 1. The van der Waals surface area contributed by atoms with Crippen LogP contribution >= 0.6 is 11.8 Å². The highest BCUT2D eigenvalue weighted by atomic mass is 32.2. The van der Waals surface area contributed by atoms with Gasteiger partial charge in [0.15, 0.2) is 5.16 Å². The second kappa shape index (κ2) is 4.62. The van der Waals surface area contributed by atoms with Crippen molar-refractivity contribution < 1.29 is 13.9 Å². The molecule has 0 aliphatic rings. The van der Waals surface area contributed by atoms with E-state index in [1.54, 1.807) is 13.2 Å². The number of nitrogens with one attached hydrogen (secondary N) is 1. The average Bonchev–Trinajstić information content (AvgIpc) is 2.73. The van der Waals surface area contributed by atoms with Crippen LogP contribution in [0.2, 0.25) is 0 Å². The number of H-pyrrole nitrogens is 1. The number of hydrogen-bond acceptors (Lipinski definition) is 6. The van der Waals surface area contributed by atoms with Crippen LogP contribution in [0.5, 0.6) is 0 Å². The van der Waals surface area contributed by atoms with Crippen LogP contribution in [-0.2, 0) is 4.74 Å². The van der Waals surface area contributed by atoms with Crippen molar-refractivity contribution in [3.05, 3.63) is 22.2 Å². The molecule has 7 heteroatoms. The Hall–Kier alpha value is -1.76. The predicted octanol–water partition coefficient (Wildman–Crippen LogP) is 1.41. The van der Waals surface area contributed by atoms with Crippen LogP contribution in [0, 0.1) is 0 Å². The summed E-state index contributed by atoms with van der Waals surface area (Å²) in [4.78, 5) is 29.9. The molecule has 0 aromatic carbocycles. The third-order valence-corrected chi connectivity index (χ3v) is 2.69. The van der Waals surface area contributed by atoms with Crippen molar-refractivity contribution >= 4 is 28.8 Å². The first-order valence-corrected chi connectivity index (χ1v) is 6.12. The largest absolute Gasteiger partial charge is 0.462 e. The molecular formula is C10H10N2O4S. The monoisotopic (exact) mass is 254 g/mol. The van der Waals surface area contributed by atoms with Gasteiger partial charge in [-0.2, -0.15) is 4.98 Å². The smallest absolute Gasteiger partial charge is 0.342 e. The maximum atomic E-state index is 11.8. The van der Waals surface area contributed by atoms with Crippen molar-refractivity contribution in [2.24, 2.45) is 0 Å². The fourth-order valence-corrected chi connectivity index (χ4v) is 1.75. The summed E-state index contributed by atoms with van der Waals surface area (Å²) in [6.45, 7) is 1.92. The molecule has 0 aliphatic carbocycles. The van der Waals surface area contributed by atoms with E-state index in [0.29, 0.717) is 5.16 Å². The Labute approximate surface area is 100 Å². The van der Waals surface area contributed by atoms with Gasteiger partial charge in [-0.3, -0.25) is 4.79 Å². The van der Waals surface area contributed by atoms with Crippen LogP contribution in [0.3, 0.4) is 0 Å². The topological polar surface area (TPSA) is 85.2 Å². The third kappa shape index (κ3) is 2.05. The molecule has 0 amide bonds. The minimum atomic E-state index is -0.588. The molecule has 0 fully saturated rings. The third-order valence-electron chi connectivity index (χ3n) is 2.11. The fourth-order valence-electron chi connectivity index (χ4n) is 1.38. The van der Waals surface area contributed by atoms with E-state index in [-0.39, 0.29) is 23.3 Å². The lowest BCUT2D eigenvalue weighted by Crippen LogP contribution is -2.12. The van der Waals surface area contributed by atoms with Crippen molar-refractivity contribution in [1.82, 2.24) is 9.97 Å². The molecule has 90 valence electrons. The van der Waals surface area contributed by atoms with Gasteiger partial charge >= 0.3 is 5.97 Å². The van der Waals surface area contributed by atoms with E-state index in [1.807, 2.05) is 0 Å². The molecule has 0 aliphatic heterocycles. The Bertz CT molecular complexity index is 616. The molecule has 6 nitrogen and oxygen atoms in total. The number of carbonyl (C=O) groups excluding carboxylic acids is 1. The lowest BCUT2D eigenvalue weighted by atomic mass is 10.2. The summed E-state index contributed by atoms with van der Waals surface area (Å²) in [6.07, 6.45) is 2.97. The number of furan rings is 1. The Morgan fingerprint density at radius 2 is 2.41 bits per heavy atom. The van der Waals surface area contributed by atoms with E-state index in [4.69, 9.17) is 9.15 Å². The van der Waals surface area contributed by atoms with Gasteiger partial charge in [0.1, 0.15) is 17.2 Å². The number of nitrogens with zero attached hydrogens (tertiary/aromatic N) is 1. The van der Waals surface area contributed by atoms with Crippen LogP contribution in [0.25, 0.3) is 11.1 Å². The minimum absolute atomic E-state index is 0.100. The van der Waals surface area contributed by atoms with E-state index in [1.165, 1.54) is 18.0 Å². The fraction of sp³-hybridized carbons (Fsp3) is 0.300. The summed E-state index contributed by atoms with van der Waals surface area (Å²) in [5.41, 5.74) is -0.166. The predicted molar refractivity (Wildman–Crippen MR) is 62.4 cm³/mol. The molecule has 0 saturated heterocycles. The highest BCUT2D eigenvalue weighted by Gasteiger charge is 2.19. The summed E-state index contributed by atoms with van der Waals surface area (Å²) in [6, 6.07) is 0. The van der Waals surface area contributed by atoms with Crippen molar-refractivity contribution in [2.45, 2.75) is 12.1 Å². The summed E-state index contributed by atoms with van der Waals surface area (Å²) < 4.78 is 9.92. The molecule has 0 saturated carbocycles. The van der Waals surface area contributed by atoms with Crippen LogP contribution < -0.4 is 5.56 Å². The maximum Gasteiger partial charge on any atom is 0.342 e. The average molecular weight is 254 g/mol. The van der Waals surface area contributed by atoms with E-state index in [0.717, 1.165) is 0 Å². The number of aromatic amines is 1. The maximum absolute atomic E-state index is 11.8. The van der Waals surface area contributed by atoms with Gasteiger partial charge < -0.3 is 14.1 Å². The number of fused-ring (bicyclic) bond motifs is 1. The first kappa shape index (κ1) is 11.7. The summed E-state index contributed by atoms with van der Waals surface area (Å²) in [7, 11) is 0. The molecular weight excluding hydrogens is 244 g/mol. The summed E-state index contributed by atoms with van der Waals surface area (Å²) in [5, 5.41) is 0.563. The van der Waals surface area contributed by atoms with Crippen LogP contribution in [0.15, 0.2) is 20.6 Å². The molecule has 2 rings (SSSR count).